The maximum Gasteiger partial charge on any atom is 0.242 e. The summed E-state index contributed by atoms with van der Waals surface area (Å²) in [7, 11) is 1.59. The fourth-order valence-corrected chi connectivity index (χ4v) is 3.17. The molecule has 0 aliphatic rings. The van der Waals surface area contributed by atoms with E-state index in [9.17, 15) is 0 Å². The number of H-pyrrole nitrogens is 1. The van der Waals surface area contributed by atoms with Crippen molar-refractivity contribution in [1.29, 1.82) is 0 Å². The highest BCUT2D eigenvalue weighted by molar-refractivity contribution is 7.99. The van der Waals surface area contributed by atoms with Crippen LogP contribution >= 0.6 is 24.0 Å². The number of nitrogens with one attached hydrogen (secondary N) is 1. The summed E-state index contributed by atoms with van der Waals surface area (Å²) in [5.74, 6) is 2.79. The molecule has 0 radical (unpaired) electrons. The lowest BCUT2D eigenvalue weighted by molar-refractivity contribution is 0.401. The topological polar surface area (TPSA) is 55.7 Å². The summed E-state index contributed by atoms with van der Waals surface area (Å²) in [5.41, 5.74) is 1.58. The monoisotopic (exact) mass is 298 g/mol. The highest BCUT2D eigenvalue weighted by Gasteiger charge is 2.15. The summed E-state index contributed by atoms with van der Waals surface area (Å²) in [5, 5.41) is 0. The average Bonchev–Trinajstić information content (AvgIpc) is 2.74. The molecule has 2 rings (SSSR count). The van der Waals surface area contributed by atoms with Gasteiger partial charge in [-0.1, -0.05) is 6.92 Å². The Morgan fingerprint density at radius 1 is 1.53 bits per heavy atom. The Hall–Kier alpha value is -1.08. The maximum absolute atomic E-state index is 5.39. The fourth-order valence-electron chi connectivity index (χ4n) is 2.01. The lowest BCUT2D eigenvalue weighted by Crippen LogP contribution is -2.07. The fraction of sp³-hybridized carbons (Fsp3) is 0.583. The molecular formula is C12H18N4OS2. The zero-order valence-corrected chi connectivity index (χ0v) is 13.0. The third kappa shape index (κ3) is 2.92. The van der Waals surface area contributed by atoms with Crippen LogP contribution in [0.15, 0.2) is 6.33 Å². The third-order valence-electron chi connectivity index (χ3n) is 2.99. The van der Waals surface area contributed by atoms with Crippen molar-refractivity contribution < 1.29 is 4.74 Å². The van der Waals surface area contributed by atoms with E-state index in [0.717, 1.165) is 29.1 Å². The van der Waals surface area contributed by atoms with Gasteiger partial charge in [0.25, 0.3) is 0 Å². The van der Waals surface area contributed by atoms with Gasteiger partial charge in [-0.25, -0.2) is 4.98 Å². The lowest BCUT2D eigenvalue weighted by Gasteiger charge is -2.13. The minimum absolute atomic E-state index is 0.305. The first kappa shape index (κ1) is 14.3. The van der Waals surface area contributed by atoms with Crippen LogP contribution in [0.25, 0.3) is 11.2 Å². The van der Waals surface area contributed by atoms with Gasteiger partial charge in [-0.3, -0.25) is 4.57 Å². The number of nitrogens with zero attached hydrogens (tertiary/aromatic N) is 3. The molecule has 0 saturated carbocycles. The molecule has 5 nitrogen and oxygen atoms in total. The molecule has 1 unspecified atom stereocenters. The molecule has 2 aromatic rings. The Kier molecular flexibility index (Phi) is 4.81. The minimum atomic E-state index is 0.305. The predicted octanol–water partition coefficient (Wildman–Crippen LogP) is 3.20. The standard InChI is InChI=1S/C12H18N4OS2/c1-4-19-6-5-8(2)16-10-9(15-12(16)18)11(17-3)14-7-13-10/h7-8H,4-6H2,1-3H3,(H,15,18). The van der Waals surface area contributed by atoms with Crippen molar-refractivity contribution >= 4 is 35.1 Å². The molecule has 104 valence electrons. The van der Waals surface area contributed by atoms with Crippen molar-refractivity contribution in [2.45, 2.75) is 26.3 Å². The molecule has 1 N–H and O–H groups in total. The van der Waals surface area contributed by atoms with E-state index >= 15 is 0 Å². The average molecular weight is 298 g/mol. The summed E-state index contributed by atoms with van der Waals surface area (Å²) in [6.07, 6.45) is 2.57. The number of hydrogen-bond donors (Lipinski definition) is 1. The van der Waals surface area contributed by atoms with Gasteiger partial charge in [0.1, 0.15) is 11.8 Å². The Bertz CT molecular complexity index is 607. The van der Waals surface area contributed by atoms with E-state index in [1.807, 2.05) is 16.3 Å². The first-order valence-electron chi connectivity index (χ1n) is 6.26. The number of rotatable bonds is 6. The van der Waals surface area contributed by atoms with Crippen molar-refractivity contribution in [3.8, 4) is 5.88 Å². The van der Waals surface area contributed by atoms with Gasteiger partial charge in [0.05, 0.1) is 7.11 Å². The number of ether oxygens (including phenoxy) is 1. The van der Waals surface area contributed by atoms with E-state index in [1.54, 1.807) is 7.11 Å². The SMILES string of the molecule is CCSCCC(C)n1c(=S)[nH]c2c(OC)ncnc21. The van der Waals surface area contributed by atoms with Gasteiger partial charge in [0.15, 0.2) is 10.4 Å². The normalized spacial score (nSPS) is 12.8. The van der Waals surface area contributed by atoms with E-state index in [-0.39, 0.29) is 0 Å². The molecule has 0 bridgehead atoms. The van der Waals surface area contributed by atoms with Crippen LogP contribution in [0.3, 0.4) is 0 Å². The Balaban J connectivity index is 2.37. The van der Waals surface area contributed by atoms with Crippen LogP contribution in [-0.2, 0) is 0 Å². The molecule has 2 heterocycles. The summed E-state index contributed by atoms with van der Waals surface area (Å²) >= 11 is 7.33. The van der Waals surface area contributed by atoms with Crippen LogP contribution in [0.1, 0.15) is 26.3 Å². The summed E-state index contributed by atoms with van der Waals surface area (Å²) in [6, 6.07) is 0.305. The zero-order valence-electron chi connectivity index (χ0n) is 11.3. The van der Waals surface area contributed by atoms with Gasteiger partial charge in [0.2, 0.25) is 5.88 Å². The minimum Gasteiger partial charge on any atom is -0.479 e. The summed E-state index contributed by atoms with van der Waals surface area (Å²) in [4.78, 5) is 11.6. The van der Waals surface area contributed by atoms with Gasteiger partial charge in [-0.2, -0.15) is 16.7 Å². The largest absolute Gasteiger partial charge is 0.479 e. The van der Waals surface area contributed by atoms with Gasteiger partial charge in [-0.05, 0) is 37.1 Å². The van der Waals surface area contributed by atoms with Gasteiger partial charge in [-0.15, -0.1) is 0 Å². The number of aromatic amines is 1. The molecule has 0 amide bonds. The Labute approximate surface area is 121 Å². The number of thioether (sulfide) groups is 1. The molecule has 2 aromatic heterocycles. The van der Waals surface area contributed by atoms with Crippen LogP contribution in [0, 0.1) is 4.77 Å². The highest BCUT2D eigenvalue weighted by atomic mass is 32.2. The third-order valence-corrected chi connectivity index (χ3v) is 4.22. The van der Waals surface area contributed by atoms with Crippen LogP contribution in [0.2, 0.25) is 0 Å². The second-order valence-electron chi connectivity index (χ2n) is 4.22. The maximum atomic E-state index is 5.39. The molecule has 19 heavy (non-hydrogen) atoms. The number of imidazole rings is 1. The number of aromatic nitrogens is 4. The van der Waals surface area contributed by atoms with Gasteiger partial charge < -0.3 is 9.72 Å². The first-order chi connectivity index (χ1) is 9.19. The molecule has 0 spiro atoms. The molecule has 7 heteroatoms. The van der Waals surface area contributed by atoms with Crippen molar-refractivity contribution in [2.24, 2.45) is 0 Å². The van der Waals surface area contributed by atoms with E-state index in [4.69, 9.17) is 17.0 Å². The molecular weight excluding hydrogens is 280 g/mol. The number of fused-ring (bicyclic) bond motifs is 1. The van der Waals surface area contributed by atoms with E-state index < -0.39 is 0 Å². The van der Waals surface area contributed by atoms with E-state index in [0.29, 0.717) is 16.7 Å². The van der Waals surface area contributed by atoms with E-state index in [1.165, 1.54) is 6.33 Å². The first-order valence-corrected chi connectivity index (χ1v) is 7.82. The smallest absolute Gasteiger partial charge is 0.242 e. The van der Waals surface area contributed by atoms with Crippen molar-refractivity contribution in [2.75, 3.05) is 18.6 Å². The molecule has 0 aliphatic heterocycles. The quantitative estimate of drug-likeness (QED) is 0.655. The molecule has 0 aliphatic carbocycles. The van der Waals surface area contributed by atoms with Crippen molar-refractivity contribution in [3.63, 3.8) is 0 Å². The van der Waals surface area contributed by atoms with Crippen molar-refractivity contribution in [3.05, 3.63) is 11.1 Å². The van der Waals surface area contributed by atoms with Crippen LogP contribution in [0.5, 0.6) is 5.88 Å². The Morgan fingerprint density at radius 2 is 2.32 bits per heavy atom. The highest BCUT2D eigenvalue weighted by Crippen LogP contribution is 2.25. The summed E-state index contributed by atoms with van der Waals surface area (Å²) in [6.45, 7) is 4.33. The van der Waals surface area contributed by atoms with Crippen LogP contribution in [0.4, 0.5) is 0 Å². The molecule has 0 aromatic carbocycles. The predicted molar refractivity (Wildman–Crippen MR) is 81.6 cm³/mol. The molecule has 1 atom stereocenters. The van der Waals surface area contributed by atoms with Crippen molar-refractivity contribution in [1.82, 2.24) is 19.5 Å². The molecule has 0 saturated heterocycles. The Morgan fingerprint density at radius 3 is 3.00 bits per heavy atom. The second kappa shape index (κ2) is 6.38. The van der Waals surface area contributed by atoms with Gasteiger partial charge in [0, 0.05) is 6.04 Å². The second-order valence-corrected chi connectivity index (χ2v) is 6.00. The van der Waals surface area contributed by atoms with Crippen LogP contribution in [-0.4, -0.2) is 38.1 Å². The molecule has 0 fully saturated rings. The summed E-state index contributed by atoms with van der Waals surface area (Å²) < 4.78 is 7.94. The van der Waals surface area contributed by atoms with Gasteiger partial charge >= 0.3 is 0 Å². The number of methoxy groups -OCH3 is 1. The zero-order chi connectivity index (χ0) is 13.8. The van der Waals surface area contributed by atoms with E-state index in [2.05, 4.69) is 28.8 Å². The lowest BCUT2D eigenvalue weighted by atomic mass is 10.2. The number of hydrogen-bond acceptors (Lipinski definition) is 5. The van der Waals surface area contributed by atoms with Crippen LogP contribution < -0.4 is 4.74 Å².